The number of ether oxygens (including phenoxy) is 8. The maximum atomic E-state index is 12.2. The highest BCUT2D eigenvalue weighted by Crippen LogP contribution is 2.74. The van der Waals surface area contributed by atoms with Gasteiger partial charge in [-0.25, -0.2) is 0 Å². The Morgan fingerprint density at radius 3 is 1.58 bits per heavy atom. The molecule has 0 spiro atoms. The van der Waals surface area contributed by atoms with Crippen molar-refractivity contribution in [1.82, 2.24) is 0 Å². The second-order valence-corrected chi connectivity index (χ2v) is 25.9. The van der Waals surface area contributed by atoms with Gasteiger partial charge in [-0.15, -0.1) is 0 Å². The molecule has 24 nitrogen and oxygen atoms in total. The van der Waals surface area contributed by atoms with E-state index < -0.39 is 183 Å². The van der Waals surface area contributed by atoms with E-state index in [0.29, 0.717) is 38.5 Å². The molecule has 0 amide bonds. The summed E-state index contributed by atoms with van der Waals surface area (Å²) >= 11 is 0. The van der Waals surface area contributed by atoms with Crippen LogP contribution in [0.2, 0.25) is 0 Å². The number of allylic oxidation sites excluding steroid dienone is 3. The highest BCUT2D eigenvalue weighted by molar-refractivity contribution is 5.47. The van der Waals surface area contributed by atoms with E-state index in [-0.39, 0.29) is 35.9 Å². The van der Waals surface area contributed by atoms with Gasteiger partial charge in [-0.1, -0.05) is 59.3 Å². The molecule has 16 N–H and O–H groups in total. The van der Waals surface area contributed by atoms with Gasteiger partial charge >= 0.3 is 0 Å². The lowest BCUT2D eigenvalue weighted by atomic mass is 9.35. The molecule has 0 bridgehead atoms. The lowest BCUT2D eigenvalue weighted by Gasteiger charge is -2.70. The zero-order chi connectivity index (χ0) is 57.0. The van der Waals surface area contributed by atoms with Gasteiger partial charge in [0.25, 0.3) is 0 Å². The van der Waals surface area contributed by atoms with E-state index in [2.05, 4.69) is 46.8 Å². The molecule has 4 heterocycles. The lowest BCUT2D eigenvalue weighted by molar-refractivity contribution is -0.388. The van der Waals surface area contributed by atoms with Crippen molar-refractivity contribution in [2.75, 3.05) is 39.6 Å². The summed E-state index contributed by atoms with van der Waals surface area (Å²) in [6.07, 6.45) is -27.6. The van der Waals surface area contributed by atoms with E-state index in [9.17, 15) is 81.7 Å². The molecule has 0 aromatic carbocycles. The number of aliphatic hydroxyl groups excluding tert-OH is 16. The van der Waals surface area contributed by atoms with Crippen molar-refractivity contribution in [3.63, 3.8) is 0 Å². The molecule has 9 aliphatic rings. The highest BCUT2D eigenvalue weighted by Gasteiger charge is 2.69. The Bertz CT molecular complexity index is 2150. The summed E-state index contributed by atoms with van der Waals surface area (Å²) in [7, 11) is 0. The van der Waals surface area contributed by atoms with Crippen LogP contribution in [0, 0.1) is 44.3 Å². The van der Waals surface area contributed by atoms with Crippen molar-refractivity contribution in [2.24, 2.45) is 44.3 Å². The van der Waals surface area contributed by atoms with Gasteiger partial charge in [0.15, 0.2) is 25.2 Å². The van der Waals surface area contributed by atoms with Crippen LogP contribution in [0.15, 0.2) is 23.3 Å². The largest absolute Gasteiger partial charge is 0.396 e. The van der Waals surface area contributed by atoms with Crippen molar-refractivity contribution in [3.8, 4) is 0 Å². The summed E-state index contributed by atoms with van der Waals surface area (Å²) < 4.78 is 48.2. The molecule has 3 saturated carbocycles. The fourth-order valence-electron chi connectivity index (χ4n) is 15.9. The second-order valence-electron chi connectivity index (χ2n) is 25.9. The number of hydrogen-bond donors (Lipinski definition) is 16. The first kappa shape index (κ1) is 61.1. The predicted octanol–water partition coefficient (Wildman–Crippen LogP) is -3.70. The molecule has 24 heteroatoms. The van der Waals surface area contributed by atoms with Crippen LogP contribution < -0.4 is 0 Å². The highest BCUT2D eigenvalue weighted by atomic mass is 16.8. The van der Waals surface area contributed by atoms with Crippen molar-refractivity contribution >= 4 is 0 Å². The Balaban J connectivity index is 1.00. The molecule has 0 aromatic rings. The van der Waals surface area contributed by atoms with Gasteiger partial charge in [0, 0.05) is 16.2 Å². The lowest BCUT2D eigenvalue weighted by Crippen LogP contribution is -2.67. The quantitative estimate of drug-likeness (QED) is 0.0745. The molecular formula is C54H88O24. The topological polar surface area (TPSA) is 398 Å². The molecule has 78 heavy (non-hydrogen) atoms. The van der Waals surface area contributed by atoms with E-state index in [1.54, 1.807) is 0 Å². The normalized spacial score (nSPS) is 54.2. The van der Waals surface area contributed by atoms with Gasteiger partial charge in [0.2, 0.25) is 0 Å². The standard InChI is InChI=1S/C54H88O24/c1-49(2)13-14-54(22-59)24(15-49)23-7-8-30-50(3)11-10-32(51(4,21-58)29(50)9-12-52(30,5)53(23,6)16-31(54)60)76-48-44(78-46-42(70)38(66)34(62)26(18-56)73-46)40(68)36(64)28(75-48)20-71-47-43(39(67)35(63)27(19-57)74-47)77-45-41(69)37(65)33(61)25(17-55)72-45/h7-8,25-48,55-70H,9-22H2,1-6H3/t25-,26-,27-,28-,29?,30?,31+,32+,33-,34-,35-,36-,37+,38+,39+,40+,41-,42-,43-,44-,45+,46+,47-,48+,50+,51+,52-,53-,54?/m1/s1. The van der Waals surface area contributed by atoms with E-state index in [4.69, 9.17) is 37.9 Å². The summed E-state index contributed by atoms with van der Waals surface area (Å²) in [5.74, 6) is -0.246. The third-order valence-electron chi connectivity index (χ3n) is 21.1. The van der Waals surface area contributed by atoms with Crippen LogP contribution in [-0.4, -0.2) is 256 Å². The van der Waals surface area contributed by atoms with Gasteiger partial charge in [-0.3, -0.25) is 0 Å². The summed E-state index contributed by atoms with van der Waals surface area (Å²) in [5, 5.41) is 175. The summed E-state index contributed by atoms with van der Waals surface area (Å²) in [6.45, 7) is 9.51. The van der Waals surface area contributed by atoms with E-state index in [0.717, 1.165) is 18.4 Å². The molecule has 4 aliphatic heterocycles. The Hall–Kier alpha value is -1.48. The fourth-order valence-corrected chi connectivity index (χ4v) is 15.9. The third-order valence-corrected chi connectivity index (χ3v) is 21.1. The maximum Gasteiger partial charge on any atom is 0.187 e. The number of rotatable bonds is 14. The van der Waals surface area contributed by atoms with E-state index >= 15 is 0 Å². The van der Waals surface area contributed by atoms with Crippen molar-refractivity contribution in [2.45, 2.75) is 228 Å². The minimum atomic E-state index is -1.98. The van der Waals surface area contributed by atoms with Gasteiger partial charge in [-0.2, -0.15) is 0 Å². The minimum Gasteiger partial charge on any atom is -0.396 e. The Morgan fingerprint density at radius 1 is 0.526 bits per heavy atom. The Labute approximate surface area is 453 Å². The molecule has 3 unspecified atom stereocenters. The molecule has 448 valence electrons. The monoisotopic (exact) mass is 1120 g/mol. The zero-order valence-corrected chi connectivity index (χ0v) is 45.3. The first-order valence-electron chi connectivity index (χ1n) is 27.8. The number of fused-ring (bicyclic) bond motifs is 6. The van der Waals surface area contributed by atoms with Crippen molar-refractivity contribution in [3.05, 3.63) is 23.3 Å². The number of aliphatic hydroxyl groups is 16. The third kappa shape index (κ3) is 9.82. The second kappa shape index (κ2) is 22.5. The van der Waals surface area contributed by atoms with Crippen molar-refractivity contribution < 1.29 is 120 Å². The van der Waals surface area contributed by atoms with Crippen LogP contribution in [0.4, 0.5) is 0 Å². The van der Waals surface area contributed by atoms with Crippen LogP contribution in [0.25, 0.3) is 0 Å². The van der Waals surface area contributed by atoms with E-state index in [1.807, 2.05) is 6.92 Å². The summed E-state index contributed by atoms with van der Waals surface area (Å²) in [4.78, 5) is 0. The molecule has 7 fully saturated rings. The molecule has 0 aromatic heterocycles. The summed E-state index contributed by atoms with van der Waals surface area (Å²) in [6, 6.07) is 0. The van der Waals surface area contributed by atoms with E-state index in [1.165, 1.54) is 5.57 Å². The smallest absolute Gasteiger partial charge is 0.187 e. The molecule has 9 rings (SSSR count). The van der Waals surface area contributed by atoms with Crippen LogP contribution in [0.1, 0.15) is 92.9 Å². The summed E-state index contributed by atoms with van der Waals surface area (Å²) in [5.41, 5.74) is -0.690. The Morgan fingerprint density at radius 2 is 1.04 bits per heavy atom. The van der Waals surface area contributed by atoms with Gasteiger partial charge in [-0.05, 0) is 85.0 Å². The Kier molecular flexibility index (Phi) is 17.6. The fraction of sp³-hybridized carbons (Fsp3) is 0.926. The zero-order valence-electron chi connectivity index (χ0n) is 45.3. The van der Waals surface area contributed by atoms with Crippen LogP contribution in [0.3, 0.4) is 0 Å². The SMILES string of the molecule is CC1(C)CCC2(CO)C(=C3C=CC4[C@@]5(C)CC[C@H](O[C@@H]6O[C@H](CO[C@@H]7O[C@H](CO)[C@@H](O)[C@H](O)[C@H]7O[C@@H]7O[C@H](CO)[C@@H](O)[C@H](O)[C@H]7O)[C@@H](O)[C@H](O)[C@H]6O[C@@H]6O[C@H](CO)[C@@H](O)[C@H](O)[C@H]6O)[C@@](C)(CO)C5CC[C@@]4(C)[C@]3(C)C[C@@H]2O)C1. The first-order chi connectivity index (χ1) is 36.6. The van der Waals surface area contributed by atoms with Crippen LogP contribution in [0.5, 0.6) is 0 Å². The van der Waals surface area contributed by atoms with Gasteiger partial charge in [0.05, 0.1) is 51.8 Å². The number of hydrogen-bond acceptors (Lipinski definition) is 24. The van der Waals surface area contributed by atoms with Gasteiger partial charge in [0.1, 0.15) is 97.7 Å². The minimum absolute atomic E-state index is 0.0163. The average Bonchev–Trinajstić information content (AvgIpc) is 2.04. The molecule has 0 radical (unpaired) electrons. The first-order valence-corrected chi connectivity index (χ1v) is 27.8. The maximum absolute atomic E-state index is 12.2. The molecular weight excluding hydrogens is 1030 g/mol. The average molecular weight is 1120 g/mol. The molecule has 29 atom stereocenters. The van der Waals surface area contributed by atoms with Gasteiger partial charge < -0.3 is 120 Å². The predicted molar refractivity (Wildman–Crippen MR) is 265 cm³/mol. The van der Waals surface area contributed by atoms with Crippen LogP contribution in [-0.2, 0) is 37.9 Å². The van der Waals surface area contributed by atoms with Crippen LogP contribution >= 0.6 is 0 Å². The molecule has 5 aliphatic carbocycles. The van der Waals surface area contributed by atoms with Crippen molar-refractivity contribution in [1.29, 1.82) is 0 Å². The molecule has 4 saturated heterocycles.